The molecule has 2 aliphatic rings. The number of hydrogen-bond donors (Lipinski definition) is 3. The Morgan fingerprint density at radius 2 is 1.26 bits per heavy atom. The number of hydrazone groups is 1. The van der Waals surface area contributed by atoms with E-state index in [2.05, 4.69) is 25.7 Å². The average Bonchev–Trinajstić information content (AvgIpc) is 3.14. The molecule has 0 fully saturated rings. The summed E-state index contributed by atoms with van der Waals surface area (Å²) in [6, 6.07) is 28.4. The highest BCUT2D eigenvalue weighted by Crippen LogP contribution is 2.40. The van der Waals surface area contributed by atoms with Gasteiger partial charge in [0.1, 0.15) is 5.71 Å². The summed E-state index contributed by atoms with van der Waals surface area (Å²) in [6.07, 6.45) is 1.36. The van der Waals surface area contributed by atoms with E-state index in [1.54, 1.807) is 53.4 Å². The summed E-state index contributed by atoms with van der Waals surface area (Å²) in [6.45, 7) is 12.2. The number of carbonyl (C=O) groups excluding carboxylic acids is 4. The zero-order chi connectivity index (χ0) is 41.7. The molecule has 13 heteroatoms. The van der Waals surface area contributed by atoms with Crippen molar-refractivity contribution >= 4 is 57.8 Å². The first-order valence-corrected chi connectivity index (χ1v) is 18.2. The lowest BCUT2D eigenvalue weighted by molar-refractivity contribution is -0.130. The van der Waals surface area contributed by atoms with Gasteiger partial charge in [-0.2, -0.15) is 10.2 Å². The lowest BCUT2D eigenvalue weighted by atomic mass is 9.83. The Morgan fingerprint density at radius 3 is 1.79 bits per heavy atom. The lowest BCUT2D eigenvalue weighted by Crippen LogP contribution is -2.50. The van der Waals surface area contributed by atoms with Crippen LogP contribution in [0.2, 0.25) is 0 Å². The second-order valence-electron chi connectivity index (χ2n) is 15.0. The number of aliphatic imine (C=N–C) groups is 1. The van der Waals surface area contributed by atoms with E-state index in [1.165, 1.54) is 20.8 Å². The van der Waals surface area contributed by atoms with Gasteiger partial charge in [0.2, 0.25) is 5.91 Å². The Labute approximate surface area is 331 Å². The van der Waals surface area contributed by atoms with E-state index in [0.29, 0.717) is 40.3 Å². The van der Waals surface area contributed by atoms with Gasteiger partial charge in [0.15, 0.2) is 23.0 Å². The number of primary amides is 1. The van der Waals surface area contributed by atoms with Crippen molar-refractivity contribution in [2.24, 2.45) is 26.1 Å². The maximum absolute atomic E-state index is 12.6. The monoisotopic (exact) mass is 767 g/mol. The summed E-state index contributed by atoms with van der Waals surface area (Å²) in [4.78, 5) is 65.8. The average molecular weight is 768 g/mol. The van der Waals surface area contributed by atoms with Crippen LogP contribution in [0, 0.1) is 0 Å². The van der Waals surface area contributed by atoms with Crippen molar-refractivity contribution in [2.45, 2.75) is 72.4 Å². The minimum absolute atomic E-state index is 0.0355. The molecule has 0 unspecified atom stereocenters. The van der Waals surface area contributed by atoms with Crippen LogP contribution in [0.3, 0.4) is 0 Å². The van der Waals surface area contributed by atoms with Crippen LogP contribution in [-0.2, 0) is 27.2 Å². The molecule has 292 valence electrons. The van der Waals surface area contributed by atoms with Crippen LogP contribution in [0.1, 0.15) is 91.4 Å². The van der Waals surface area contributed by atoms with Crippen molar-refractivity contribution in [2.75, 3.05) is 5.43 Å². The van der Waals surface area contributed by atoms with Crippen molar-refractivity contribution in [3.05, 3.63) is 136 Å². The normalized spacial score (nSPS) is 16.2. The van der Waals surface area contributed by atoms with Crippen molar-refractivity contribution < 1.29 is 29.1 Å². The van der Waals surface area contributed by atoms with Crippen molar-refractivity contribution in [1.82, 2.24) is 4.90 Å². The number of nitrogens with one attached hydrogen (secondary N) is 1. The number of amides is 2. The molecule has 13 nitrogen and oxygen atoms in total. The number of carboxylic acids is 1. The van der Waals surface area contributed by atoms with Gasteiger partial charge < -0.3 is 15.7 Å². The molecule has 0 saturated heterocycles. The molecule has 0 saturated carbocycles. The quantitative estimate of drug-likeness (QED) is 0.0513. The minimum Gasteiger partial charge on any atom is -0.476 e. The molecule has 2 aliphatic heterocycles. The Bertz CT molecular complexity index is 2370. The standard InChI is InChI=1S/C23H24N4O3.C21H21N3O3/c1-14(28)16-9-11-18(12-10-16)25-26-20(22(24)30)21-19-8-6-5-7-17(19)13-23(3,4)27(21)15(2)29;1-13(25)14-8-10-16(11-9-14)23-24-19(20(26)27)18-17-7-5-4-6-15(17)12-21(2,3)22-18/h5-12H,13H2,1-4H3,(H2,24,30);4-11,23H,12H2,1-3H3,(H,26,27). The number of hydrogen-bond acceptors (Lipinski definition) is 10. The maximum Gasteiger partial charge on any atom is 0.358 e. The number of nitrogens with zero attached hydrogens (tertiary/aromatic N) is 5. The predicted molar refractivity (Wildman–Crippen MR) is 220 cm³/mol. The van der Waals surface area contributed by atoms with Gasteiger partial charge in [-0.05, 0) is 114 Å². The lowest BCUT2D eigenvalue weighted by Gasteiger charge is -2.44. The SMILES string of the molecule is CC(=O)c1ccc(N=NC(C(N)=O)=C2c3ccccc3CC(C)(C)N2C(C)=O)cc1.CC(=O)c1ccc(NN=C(C(=O)O)C2=NC(C)(C)Cc3ccccc32)cc1. The molecule has 4 aromatic carbocycles. The Morgan fingerprint density at radius 1 is 0.737 bits per heavy atom. The molecular formula is C44H45N7O6. The molecule has 0 bridgehead atoms. The van der Waals surface area contributed by atoms with Crippen LogP contribution in [0.25, 0.3) is 5.70 Å². The number of fused-ring (bicyclic) bond motifs is 2. The fraction of sp³-hybridized carbons (Fsp3) is 0.250. The molecular weight excluding hydrogens is 723 g/mol. The second-order valence-corrected chi connectivity index (χ2v) is 15.0. The van der Waals surface area contributed by atoms with Gasteiger partial charge in [-0.3, -0.25) is 29.6 Å². The Kier molecular flexibility index (Phi) is 12.2. The van der Waals surface area contributed by atoms with Gasteiger partial charge >= 0.3 is 5.97 Å². The summed E-state index contributed by atoms with van der Waals surface area (Å²) in [5.74, 6) is -2.26. The molecule has 0 atom stereocenters. The Hall–Kier alpha value is -6.89. The highest BCUT2D eigenvalue weighted by molar-refractivity contribution is 6.69. The van der Waals surface area contributed by atoms with Crippen LogP contribution in [0.15, 0.2) is 123 Å². The molecule has 0 spiro atoms. The highest BCUT2D eigenvalue weighted by atomic mass is 16.4. The fourth-order valence-electron chi connectivity index (χ4n) is 6.83. The predicted octanol–water partition coefficient (Wildman–Crippen LogP) is 7.58. The van der Waals surface area contributed by atoms with Crippen LogP contribution in [-0.4, -0.2) is 61.9 Å². The number of anilines is 1. The zero-order valence-corrected chi connectivity index (χ0v) is 33.0. The third-order valence-corrected chi connectivity index (χ3v) is 9.36. The van der Waals surface area contributed by atoms with E-state index in [4.69, 9.17) is 5.73 Å². The summed E-state index contributed by atoms with van der Waals surface area (Å²) in [7, 11) is 0. The first-order chi connectivity index (χ1) is 26.9. The topological polar surface area (TPSA) is 196 Å². The van der Waals surface area contributed by atoms with Crippen molar-refractivity contribution in [1.29, 1.82) is 0 Å². The van der Waals surface area contributed by atoms with Crippen LogP contribution in [0.5, 0.6) is 0 Å². The number of nitrogens with two attached hydrogens (primary N) is 1. The van der Waals surface area contributed by atoms with Gasteiger partial charge in [0.25, 0.3) is 5.91 Å². The third-order valence-electron chi connectivity index (χ3n) is 9.36. The molecule has 2 amide bonds. The minimum atomic E-state index is -1.16. The number of azo groups is 1. The van der Waals surface area contributed by atoms with E-state index < -0.39 is 23.0 Å². The molecule has 0 aromatic heterocycles. The Balaban J connectivity index is 0.000000219. The first-order valence-electron chi connectivity index (χ1n) is 18.2. The summed E-state index contributed by atoms with van der Waals surface area (Å²) in [5.41, 5.74) is 13.6. The number of benzene rings is 4. The fourth-order valence-corrected chi connectivity index (χ4v) is 6.83. The van der Waals surface area contributed by atoms with E-state index in [9.17, 15) is 29.1 Å². The summed E-state index contributed by atoms with van der Waals surface area (Å²) >= 11 is 0. The van der Waals surface area contributed by atoms with Gasteiger partial charge in [-0.1, -0.05) is 48.5 Å². The molecule has 57 heavy (non-hydrogen) atoms. The highest BCUT2D eigenvalue weighted by Gasteiger charge is 2.40. The van der Waals surface area contributed by atoms with E-state index in [0.717, 1.165) is 28.7 Å². The number of aliphatic carboxylic acids is 1. The number of rotatable bonds is 9. The maximum atomic E-state index is 12.6. The van der Waals surface area contributed by atoms with Gasteiger partial charge in [-0.25, -0.2) is 4.79 Å². The molecule has 6 rings (SSSR count). The summed E-state index contributed by atoms with van der Waals surface area (Å²) < 4.78 is 0. The van der Waals surface area contributed by atoms with E-state index in [-0.39, 0.29) is 28.9 Å². The molecule has 4 N–H and O–H groups in total. The van der Waals surface area contributed by atoms with E-state index >= 15 is 0 Å². The largest absolute Gasteiger partial charge is 0.476 e. The smallest absolute Gasteiger partial charge is 0.358 e. The zero-order valence-electron chi connectivity index (χ0n) is 33.0. The van der Waals surface area contributed by atoms with Gasteiger partial charge in [0, 0.05) is 34.7 Å². The summed E-state index contributed by atoms with van der Waals surface area (Å²) in [5, 5.41) is 22.1. The second kappa shape index (κ2) is 16.9. The number of carboxylic acid groups (broad SMARTS) is 1. The number of ketones is 2. The molecule has 4 aromatic rings. The van der Waals surface area contributed by atoms with Gasteiger partial charge in [-0.15, -0.1) is 5.11 Å². The number of carbonyl (C=O) groups is 5. The molecule has 0 aliphatic carbocycles. The van der Waals surface area contributed by atoms with Crippen LogP contribution < -0.4 is 11.2 Å². The molecule has 0 radical (unpaired) electrons. The third kappa shape index (κ3) is 9.68. The van der Waals surface area contributed by atoms with Crippen molar-refractivity contribution in [3.8, 4) is 0 Å². The molecule has 2 heterocycles. The number of Topliss-reactive ketones (excluding diaryl/α,β-unsaturated/α-hetero) is 2. The van der Waals surface area contributed by atoms with E-state index in [1.807, 2.05) is 76.2 Å². The van der Waals surface area contributed by atoms with Crippen LogP contribution in [0.4, 0.5) is 11.4 Å². The first kappa shape index (κ1) is 41.3. The van der Waals surface area contributed by atoms with Crippen LogP contribution >= 0.6 is 0 Å². The van der Waals surface area contributed by atoms with Crippen molar-refractivity contribution in [3.63, 3.8) is 0 Å². The van der Waals surface area contributed by atoms with Gasteiger partial charge in [0.05, 0.1) is 22.6 Å².